The van der Waals surface area contributed by atoms with Crippen LogP contribution in [-0.2, 0) is 9.47 Å². The monoisotopic (exact) mass is 381 g/mol. The highest BCUT2D eigenvalue weighted by atomic mass is 35.5. The molecule has 1 N–H and O–H groups in total. The van der Waals surface area contributed by atoms with Crippen LogP contribution in [0.25, 0.3) is 0 Å². The molecule has 0 saturated heterocycles. The lowest BCUT2D eigenvalue weighted by molar-refractivity contribution is 0.0312. The molecule has 0 bridgehead atoms. The zero-order valence-electron chi connectivity index (χ0n) is 14.6. The van der Waals surface area contributed by atoms with Crippen LogP contribution in [0.2, 0.25) is 5.02 Å². The van der Waals surface area contributed by atoms with E-state index in [0.717, 1.165) is 6.07 Å². The third-order valence-corrected chi connectivity index (χ3v) is 4.21. The number of hydrogen-bond donors (Lipinski definition) is 1. The molecule has 1 aromatic heterocycles. The third kappa shape index (κ3) is 3.62. The molecule has 0 saturated carbocycles. The molecule has 1 aromatic carbocycles. The van der Waals surface area contributed by atoms with Crippen molar-refractivity contribution in [3.63, 3.8) is 0 Å². The minimum Gasteiger partial charge on any atom is -0.465 e. The van der Waals surface area contributed by atoms with Crippen molar-refractivity contribution in [3.8, 4) is 0 Å². The van der Waals surface area contributed by atoms with Gasteiger partial charge in [-0.3, -0.25) is 4.79 Å². The summed E-state index contributed by atoms with van der Waals surface area (Å²) in [6, 6.07) is 3.76. The van der Waals surface area contributed by atoms with Crippen LogP contribution < -0.4 is 0 Å². The molecular formula is C18H17ClFNO5. The second-order valence-electron chi connectivity index (χ2n) is 5.63. The van der Waals surface area contributed by atoms with E-state index in [2.05, 4.69) is 9.72 Å². The van der Waals surface area contributed by atoms with Gasteiger partial charge in [-0.25, -0.2) is 14.0 Å². The predicted octanol–water partition coefficient (Wildman–Crippen LogP) is 3.64. The van der Waals surface area contributed by atoms with Gasteiger partial charge >= 0.3 is 11.9 Å². The number of rotatable bonds is 5. The van der Waals surface area contributed by atoms with Crippen molar-refractivity contribution >= 4 is 29.3 Å². The fourth-order valence-electron chi connectivity index (χ4n) is 2.57. The first kappa shape index (κ1) is 19.7. The molecule has 8 heteroatoms. The first-order valence-corrected chi connectivity index (χ1v) is 8.03. The topological polar surface area (TPSA) is 85.5 Å². The molecule has 0 amide bonds. The van der Waals surface area contributed by atoms with Crippen LogP contribution in [0.3, 0.4) is 0 Å². The lowest BCUT2D eigenvalue weighted by atomic mass is 10.1. The van der Waals surface area contributed by atoms with E-state index in [1.54, 1.807) is 13.8 Å². The van der Waals surface area contributed by atoms with Crippen molar-refractivity contribution in [2.45, 2.75) is 26.9 Å². The Bertz CT molecular complexity index is 870. The number of aromatic amines is 1. The Morgan fingerprint density at radius 3 is 2.38 bits per heavy atom. The summed E-state index contributed by atoms with van der Waals surface area (Å²) in [5.74, 6) is -3.05. The second-order valence-corrected chi connectivity index (χ2v) is 6.03. The maximum Gasteiger partial charge on any atom is 0.343 e. The lowest BCUT2D eigenvalue weighted by Gasteiger charge is -2.13. The number of halogens is 2. The van der Waals surface area contributed by atoms with Gasteiger partial charge in [0.05, 0.1) is 23.4 Å². The number of benzene rings is 1. The average molecular weight is 382 g/mol. The van der Waals surface area contributed by atoms with Gasteiger partial charge in [-0.15, -0.1) is 0 Å². The zero-order chi connectivity index (χ0) is 19.6. The van der Waals surface area contributed by atoms with E-state index in [1.807, 2.05) is 0 Å². The quantitative estimate of drug-likeness (QED) is 0.631. The standard InChI is InChI=1S/C18H17ClFNO5/c1-8-13(17(23)25-4)9(2)21-15(8)16(22)10(3)26-18(24)14-11(19)6-5-7-12(14)20/h5-7,10,21H,1-4H3/t10-/m0/s1. The van der Waals surface area contributed by atoms with Gasteiger partial charge in [0, 0.05) is 5.69 Å². The summed E-state index contributed by atoms with van der Waals surface area (Å²) in [4.78, 5) is 39.4. The SMILES string of the molecule is COC(=O)c1c(C)[nH]c(C(=O)[C@H](C)OC(=O)c2c(F)cccc2Cl)c1C. The molecule has 1 heterocycles. The summed E-state index contributed by atoms with van der Waals surface area (Å²) in [6.45, 7) is 4.54. The first-order chi connectivity index (χ1) is 12.2. The highest BCUT2D eigenvalue weighted by Crippen LogP contribution is 2.23. The minimum absolute atomic E-state index is 0.114. The molecular weight excluding hydrogens is 365 g/mol. The van der Waals surface area contributed by atoms with E-state index in [1.165, 1.54) is 26.2 Å². The van der Waals surface area contributed by atoms with Crippen molar-refractivity contribution < 1.29 is 28.2 Å². The normalized spacial score (nSPS) is 11.8. The number of methoxy groups -OCH3 is 1. The molecule has 0 aliphatic rings. The summed E-state index contributed by atoms with van der Waals surface area (Å²) in [5.41, 5.74) is 0.748. The Labute approximate surface area is 154 Å². The van der Waals surface area contributed by atoms with Crippen LogP contribution in [0.15, 0.2) is 18.2 Å². The Morgan fingerprint density at radius 1 is 1.15 bits per heavy atom. The van der Waals surface area contributed by atoms with Gasteiger partial charge in [0.2, 0.25) is 5.78 Å². The number of ketones is 1. The number of carbonyl (C=O) groups excluding carboxylic acids is 3. The molecule has 0 aliphatic heterocycles. The number of hydrogen-bond acceptors (Lipinski definition) is 5. The average Bonchev–Trinajstić information content (AvgIpc) is 2.87. The van der Waals surface area contributed by atoms with Crippen LogP contribution in [0.1, 0.15) is 49.4 Å². The van der Waals surface area contributed by atoms with E-state index >= 15 is 0 Å². The number of aromatic nitrogens is 1. The number of Topliss-reactive ketones (excluding diaryl/α,β-unsaturated/α-hetero) is 1. The van der Waals surface area contributed by atoms with E-state index in [9.17, 15) is 18.8 Å². The van der Waals surface area contributed by atoms with Crippen LogP contribution >= 0.6 is 11.6 Å². The zero-order valence-corrected chi connectivity index (χ0v) is 15.4. The highest BCUT2D eigenvalue weighted by molar-refractivity contribution is 6.33. The van der Waals surface area contributed by atoms with Gasteiger partial charge in [-0.1, -0.05) is 17.7 Å². The number of nitrogens with one attached hydrogen (secondary N) is 1. The van der Waals surface area contributed by atoms with E-state index in [0.29, 0.717) is 11.3 Å². The van der Waals surface area contributed by atoms with Crippen molar-refractivity contribution in [1.82, 2.24) is 4.98 Å². The third-order valence-electron chi connectivity index (χ3n) is 3.89. The summed E-state index contributed by atoms with van der Waals surface area (Å²) in [7, 11) is 1.23. The van der Waals surface area contributed by atoms with E-state index in [-0.39, 0.29) is 16.3 Å². The van der Waals surface area contributed by atoms with Crippen molar-refractivity contribution in [2.24, 2.45) is 0 Å². The molecule has 2 aromatic rings. The summed E-state index contributed by atoms with van der Waals surface area (Å²) in [6.07, 6.45) is -1.22. The number of carbonyl (C=O) groups is 3. The highest BCUT2D eigenvalue weighted by Gasteiger charge is 2.28. The smallest absolute Gasteiger partial charge is 0.343 e. The molecule has 0 unspecified atom stereocenters. The maximum absolute atomic E-state index is 13.8. The summed E-state index contributed by atoms with van der Waals surface area (Å²) >= 11 is 5.82. The largest absolute Gasteiger partial charge is 0.465 e. The number of ether oxygens (including phenoxy) is 2. The summed E-state index contributed by atoms with van der Waals surface area (Å²) in [5, 5.41) is -0.116. The molecule has 26 heavy (non-hydrogen) atoms. The molecule has 0 aliphatic carbocycles. The molecule has 0 fully saturated rings. The molecule has 138 valence electrons. The molecule has 2 rings (SSSR count). The van der Waals surface area contributed by atoms with Crippen LogP contribution in [-0.4, -0.2) is 35.9 Å². The lowest BCUT2D eigenvalue weighted by Crippen LogP contribution is -2.26. The molecule has 6 nitrogen and oxygen atoms in total. The van der Waals surface area contributed by atoms with Crippen molar-refractivity contribution in [2.75, 3.05) is 7.11 Å². The number of aryl methyl sites for hydroxylation is 1. The Hall–Kier alpha value is -2.67. The minimum atomic E-state index is -1.22. The van der Waals surface area contributed by atoms with E-state index < -0.39 is 35.2 Å². The maximum atomic E-state index is 13.8. The second kappa shape index (κ2) is 7.70. The van der Waals surface area contributed by atoms with Gasteiger partial charge in [-0.05, 0) is 38.5 Å². The summed E-state index contributed by atoms with van der Waals surface area (Å²) < 4.78 is 23.5. The van der Waals surface area contributed by atoms with Gasteiger partial charge < -0.3 is 14.5 Å². The fraction of sp³-hybridized carbons (Fsp3) is 0.278. The Balaban J connectivity index is 2.26. The number of H-pyrrole nitrogens is 1. The van der Waals surface area contributed by atoms with Crippen LogP contribution in [0.4, 0.5) is 4.39 Å². The number of esters is 2. The Kier molecular flexibility index (Phi) is 5.82. The van der Waals surface area contributed by atoms with Crippen LogP contribution in [0, 0.1) is 19.7 Å². The van der Waals surface area contributed by atoms with Crippen molar-refractivity contribution in [3.05, 3.63) is 57.1 Å². The molecule has 0 spiro atoms. The van der Waals surface area contributed by atoms with Gasteiger partial charge in [0.15, 0.2) is 6.10 Å². The van der Waals surface area contributed by atoms with Crippen LogP contribution in [0.5, 0.6) is 0 Å². The first-order valence-electron chi connectivity index (χ1n) is 7.65. The van der Waals surface area contributed by atoms with E-state index in [4.69, 9.17) is 16.3 Å². The van der Waals surface area contributed by atoms with Gasteiger partial charge in [0.1, 0.15) is 11.4 Å². The molecule has 1 atom stereocenters. The van der Waals surface area contributed by atoms with Gasteiger partial charge in [-0.2, -0.15) is 0 Å². The van der Waals surface area contributed by atoms with Gasteiger partial charge in [0.25, 0.3) is 0 Å². The predicted molar refractivity (Wildman–Crippen MR) is 92.2 cm³/mol. The fourth-order valence-corrected chi connectivity index (χ4v) is 2.81. The molecule has 0 radical (unpaired) electrons. The van der Waals surface area contributed by atoms with Crippen molar-refractivity contribution in [1.29, 1.82) is 0 Å². The Morgan fingerprint density at radius 2 is 1.81 bits per heavy atom.